The lowest BCUT2D eigenvalue weighted by molar-refractivity contribution is -0.140. The maximum absolute atomic E-state index is 12.1. The van der Waals surface area contributed by atoms with Crippen molar-refractivity contribution in [3.05, 3.63) is 28.8 Å². The fraction of sp³-hybridized carbons (Fsp3) is 0.417. The van der Waals surface area contributed by atoms with Crippen LogP contribution >= 0.6 is 11.6 Å². The highest BCUT2D eigenvalue weighted by atomic mass is 35.5. The number of halogens is 1. The third-order valence-corrected chi connectivity index (χ3v) is 4.52. The maximum atomic E-state index is 12.1. The van der Waals surface area contributed by atoms with E-state index in [1.165, 1.54) is 12.1 Å². The molecule has 1 rings (SSSR count). The molecule has 0 spiro atoms. The molecule has 0 aliphatic heterocycles. The second kappa shape index (κ2) is 5.90. The molecule has 0 saturated carbocycles. The monoisotopic (exact) mass is 305 g/mol. The van der Waals surface area contributed by atoms with Gasteiger partial charge in [-0.1, -0.05) is 31.5 Å². The topological polar surface area (TPSA) is 83.5 Å². The Bertz CT molecular complexity index is 583. The van der Waals surface area contributed by atoms with Gasteiger partial charge in [-0.15, -0.1) is 0 Å². The molecular weight excluding hydrogens is 290 g/mol. The van der Waals surface area contributed by atoms with Crippen LogP contribution in [0.1, 0.15) is 19.4 Å². The SMILES string of the molecule is Cc1ccc(S(=O)(=O)N[C@@H](C(=O)O)C(C)C)c(Cl)c1. The number of hydrogen-bond donors (Lipinski definition) is 2. The Balaban J connectivity index is 3.14. The van der Waals surface area contributed by atoms with Crippen LogP contribution in [0.25, 0.3) is 0 Å². The summed E-state index contributed by atoms with van der Waals surface area (Å²) in [7, 11) is -3.96. The van der Waals surface area contributed by atoms with Gasteiger partial charge in [0.1, 0.15) is 10.9 Å². The fourth-order valence-corrected chi connectivity index (χ4v) is 3.46. The number of aliphatic carboxylic acids is 1. The molecule has 7 heteroatoms. The van der Waals surface area contributed by atoms with Gasteiger partial charge in [0.05, 0.1) is 5.02 Å². The number of hydrogen-bond acceptors (Lipinski definition) is 3. The number of aryl methyl sites for hydroxylation is 1. The summed E-state index contributed by atoms with van der Waals surface area (Å²) < 4.78 is 26.4. The van der Waals surface area contributed by atoms with Gasteiger partial charge < -0.3 is 5.11 Å². The van der Waals surface area contributed by atoms with Crippen LogP contribution in [-0.2, 0) is 14.8 Å². The van der Waals surface area contributed by atoms with E-state index in [4.69, 9.17) is 16.7 Å². The van der Waals surface area contributed by atoms with Gasteiger partial charge in [-0.25, -0.2) is 8.42 Å². The largest absolute Gasteiger partial charge is 0.480 e. The molecule has 0 amide bonds. The van der Waals surface area contributed by atoms with E-state index in [0.717, 1.165) is 5.56 Å². The molecule has 0 unspecified atom stereocenters. The lowest BCUT2D eigenvalue weighted by atomic mass is 10.1. The number of nitrogens with one attached hydrogen (secondary N) is 1. The van der Waals surface area contributed by atoms with E-state index in [2.05, 4.69) is 4.72 Å². The molecule has 1 atom stereocenters. The average Bonchev–Trinajstić information content (AvgIpc) is 2.24. The molecule has 0 aliphatic rings. The molecule has 0 bridgehead atoms. The minimum atomic E-state index is -3.96. The van der Waals surface area contributed by atoms with Crippen molar-refractivity contribution in [2.45, 2.75) is 31.7 Å². The van der Waals surface area contributed by atoms with Gasteiger partial charge in [0.15, 0.2) is 0 Å². The molecule has 1 aromatic carbocycles. The predicted octanol–water partition coefficient (Wildman–Crippen LogP) is 2.04. The van der Waals surface area contributed by atoms with E-state index < -0.39 is 22.0 Å². The van der Waals surface area contributed by atoms with Crippen LogP contribution in [0.4, 0.5) is 0 Å². The van der Waals surface area contributed by atoms with E-state index in [0.29, 0.717) is 0 Å². The van der Waals surface area contributed by atoms with Gasteiger partial charge in [-0.3, -0.25) is 4.79 Å². The van der Waals surface area contributed by atoms with E-state index >= 15 is 0 Å². The Hall–Kier alpha value is -1.11. The first-order valence-electron chi connectivity index (χ1n) is 5.66. The maximum Gasteiger partial charge on any atom is 0.322 e. The second-order valence-corrected chi connectivity index (χ2v) is 6.70. The molecule has 0 fully saturated rings. The number of carboxylic acid groups (broad SMARTS) is 1. The third kappa shape index (κ3) is 3.92. The van der Waals surface area contributed by atoms with Crippen LogP contribution in [-0.4, -0.2) is 25.5 Å². The summed E-state index contributed by atoms with van der Waals surface area (Å²) in [6.07, 6.45) is 0. The van der Waals surface area contributed by atoms with Gasteiger partial charge in [0.2, 0.25) is 10.0 Å². The number of rotatable bonds is 5. The van der Waals surface area contributed by atoms with Gasteiger partial charge >= 0.3 is 5.97 Å². The van der Waals surface area contributed by atoms with Crippen molar-refractivity contribution in [3.8, 4) is 0 Å². The molecular formula is C12H16ClNO4S. The molecule has 0 radical (unpaired) electrons. The normalized spacial score (nSPS) is 13.5. The standard InChI is InChI=1S/C12H16ClNO4S/c1-7(2)11(12(15)16)14-19(17,18)10-5-4-8(3)6-9(10)13/h4-7,11,14H,1-3H3,(H,15,16)/t11-/m1/s1. The number of carboxylic acids is 1. The summed E-state index contributed by atoms with van der Waals surface area (Å²) in [5, 5.41) is 9.08. The van der Waals surface area contributed by atoms with Gasteiger partial charge in [0, 0.05) is 0 Å². The first-order valence-corrected chi connectivity index (χ1v) is 7.52. The Morgan fingerprint density at radius 1 is 1.37 bits per heavy atom. The van der Waals surface area contributed by atoms with Crippen LogP contribution in [0.3, 0.4) is 0 Å². The molecule has 106 valence electrons. The highest BCUT2D eigenvalue weighted by Crippen LogP contribution is 2.23. The second-order valence-electron chi connectivity index (χ2n) is 4.62. The molecule has 5 nitrogen and oxygen atoms in total. The summed E-state index contributed by atoms with van der Waals surface area (Å²) in [6, 6.07) is 3.29. The van der Waals surface area contributed by atoms with Crippen LogP contribution in [0.5, 0.6) is 0 Å². The summed E-state index contributed by atoms with van der Waals surface area (Å²) >= 11 is 5.89. The zero-order valence-electron chi connectivity index (χ0n) is 10.8. The minimum Gasteiger partial charge on any atom is -0.480 e. The summed E-state index contributed by atoms with van der Waals surface area (Å²) in [4.78, 5) is 10.9. The quantitative estimate of drug-likeness (QED) is 0.872. The lowest BCUT2D eigenvalue weighted by Gasteiger charge is -2.18. The van der Waals surface area contributed by atoms with Crippen LogP contribution in [0.15, 0.2) is 23.1 Å². The molecule has 19 heavy (non-hydrogen) atoms. The van der Waals surface area contributed by atoms with E-state index in [1.54, 1.807) is 26.8 Å². The Labute approximate surface area is 117 Å². The smallest absolute Gasteiger partial charge is 0.322 e. The summed E-state index contributed by atoms with van der Waals surface area (Å²) in [6.45, 7) is 5.03. The van der Waals surface area contributed by atoms with Crippen molar-refractivity contribution in [1.82, 2.24) is 4.72 Å². The van der Waals surface area contributed by atoms with Crippen molar-refractivity contribution in [3.63, 3.8) is 0 Å². The van der Waals surface area contributed by atoms with Crippen molar-refractivity contribution in [2.75, 3.05) is 0 Å². The Morgan fingerprint density at radius 2 is 1.95 bits per heavy atom. The zero-order valence-corrected chi connectivity index (χ0v) is 12.4. The van der Waals surface area contributed by atoms with Crippen molar-refractivity contribution in [1.29, 1.82) is 0 Å². The van der Waals surface area contributed by atoms with E-state index in [-0.39, 0.29) is 15.8 Å². The van der Waals surface area contributed by atoms with Crippen LogP contribution in [0.2, 0.25) is 5.02 Å². The first-order chi connectivity index (χ1) is 8.65. The summed E-state index contributed by atoms with van der Waals surface area (Å²) in [5.74, 6) is -1.60. The third-order valence-electron chi connectivity index (χ3n) is 2.59. The van der Waals surface area contributed by atoms with Crippen molar-refractivity contribution < 1.29 is 18.3 Å². The Kier molecular flexibility index (Phi) is 4.95. The fourth-order valence-electron chi connectivity index (χ4n) is 1.53. The first kappa shape index (κ1) is 15.9. The van der Waals surface area contributed by atoms with Crippen molar-refractivity contribution >= 4 is 27.6 Å². The van der Waals surface area contributed by atoms with Crippen LogP contribution in [0, 0.1) is 12.8 Å². The van der Waals surface area contributed by atoms with Gasteiger partial charge in [-0.05, 0) is 30.5 Å². The number of benzene rings is 1. The summed E-state index contributed by atoms with van der Waals surface area (Å²) in [5.41, 5.74) is 0.822. The highest BCUT2D eigenvalue weighted by molar-refractivity contribution is 7.89. The average molecular weight is 306 g/mol. The van der Waals surface area contributed by atoms with Crippen molar-refractivity contribution in [2.24, 2.45) is 5.92 Å². The number of carbonyl (C=O) groups is 1. The van der Waals surface area contributed by atoms with E-state index in [9.17, 15) is 13.2 Å². The zero-order chi connectivity index (χ0) is 14.8. The molecule has 2 N–H and O–H groups in total. The molecule has 0 aliphatic carbocycles. The molecule has 0 heterocycles. The highest BCUT2D eigenvalue weighted by Gasteiger charge is 2.29. The predicted molar refractivity (Wildman–Crippen MR) is 72.8 cm³/mol. The van der Waals surface area contributed by atoms with E-state index in [1.807, 2.05) is 0 Å². The molecule has 1 aromatic rings. The lowest BCUT2D eigenvalue weighted by Crippen LogP contribution is -2.44. The molecule has 0 aromatic heterocycles. The number of sulfonamides is 1. The molecule has 0 saturated heterocycles. The van der Waals surface area contributed by atoms with Gasteiger partial charge in [-0.2, -0.15) is 4.72 Å². The minimum absolute atomic E-state index is 0.0698. The Morgan fingerprint density at radius 3 is 2.37 bits per heavy atom. The van der Waals surface area contributed by atoms with Gasteiger partial charge in [0.25, 0.3) is 0 Å². The van der Waals surface area contributed by atoms with Crippen LogP contribution < -0.4 is 4.72 Å².